The Morgan fingerprint density at radius 2 is 1.87 bits per heavy atom. The number of nitrogen functional groups attached to an aromatic ring is 1. The number of carbonyl (C=O) groups is 1. The summed E-state index contributed by atoms with van der Waals surface area (Å²) in [5.41, 5.74) is 5.75. The Kier molecular flexibility index (Phi) is 12.0. The van der Waals surface area contributed by atoms with Crippen LogP contribution in [0.25, 0.3) is 0 Å². The highest BCUT2D eigenvalue weighted by atomic mass is 32.2. The van der Waals surface area contributed by atoms with Gasteiger partial charge in [-0.05, 0) is 6.26 Å². The zero-order valence-electron chi connectivity index (χ0n) is 9.94. The minimum Gasteiger partial charge on any atom is -0.383 e. The van der Waals surface area contributed by atoms with Crippen LogP contribution in [0.2, 0.25) is 0 Å². The van der Waals surface area contributed by atoms with Crippen molar-refractivity contribution in [3.05, 3.63) is 11.8 Å². The molecule has 5 heteroatoms. The fourth-order valence-electron chi connectivity index (χ4n) is 0.577. The van der Waals surface area contributed by atoms with Crippen molar-refractivity contribution < 1.29 is 4.79 Å². The van der Waals surface area contributed by atoms with E-state index in [4.69, 9.17) is 5.73 Å². The van der Waals surface area contributed by atoms with Gasteiger partial charge in [-0.15, -0.1) is 0 Å². The van der Waals surface area contributed by atoms with E-state index in [0.29, 0.717) is 17.0 Å². The van der Waals surface area contributed by atoms with Gasteiger partial charge in [-0.1, -0.05) is 39.5 Å². The number of thioether (sulfide) groups is 1. The zero-order chi connectivity index (χ0) is 12.3. The number of hydrogen-bond acceptors (Lipinski definition) is 5. The maximum absolute atomic E-state index is 10.3. The van der Waals surface area contributed by atoms with Crippen LogP contribution in [0.4, 0.5) is 5.82 Å². The molecule has 2 N–H and O–H groups in total. The van der Waals surface area contributed by atoms with Gasteiger partial charge in [-0.3, -0.25) is 4.79 Å². The second-order valence-corrected chi connectivity index (χ2v) is 2.59. The average Bonchev–Trinajstić information content (AvgIpc) is 2.34. The zero-order valence-corrected chi connectivity index (χ0v) is 10.8. The summed E-state index contributed by atoms with van der Waals surface area (Å²) >= 11 is 1.38. The minimum absolute atomic E-state index is 0.236. The van der Waals surface area contributed by atoms with Gasteiger partial charge in [0.05, 0.1) is 5.56 Å². The van der Waals surface area contributed by atoms with E-state index in [0.717, 1.165) is 0 Å². The van der Waals surface area contributed by atoms with Crippen molar-refractivity contribution in [3.8, 4) is 0 Å². The summed E-state index contributed by atoms with van der Waals surface area (Å²) in [6.45, 7) is 8.00. The highest BCUT2D eigenvalue weighted by Gasteiger charge is 2.00. The molecule has 0 amide bonds. The molecule has 0 aliphatic heterocycles. The normalized spacial score (nSPS) is 7.80. The smallest absolute Gasteiger partial charge is 0.189 e. The molecule has 0 unspecified atom stereocenters. The van der Waals surface area contributed by atoms with E-state index in [-0.39, 0.29) is 5.82 Å². The number of anilines is 1. The van der Waals surface area contributed by atoms with Crippen LogP contribution in [0.15, 0.2) is 11.4 Å². The third-order valence-electron chi connectivity index (χ3n) is 1.14. The monoisotopic (exact) mass is 229 g/mol. The fraction of sp³-hybridized carbons (Fsp3) is 0.500. The van der Waals surface area contributed by atoms with E-state index in [1.807, 2.05) is 34.0 Å². The molecule has 0 spiro atoms. The van der Waals surface area contributed by atoms with Crippen molar-refractivity contribution in [3.63, 3.8) is 0 Å². The van der Waals surface area contributed by atoms with Crippen LogP contribution in [0.3, 0.4) is 0 Å². The van der Waals surface area contributed by atoms with Gasteiger partial charge in [0.15, 0.2) is 11.4 Å². The molecule has 0 bridgehead atoms. The number of carbonyl (C=O) groups excluding carboxylic acids is 1. The summed E-state index contributed by atoms with van der Waals surface area (Å²) in [7, 11) is 0. The summed E-state index contributed by atoms with van der Waals surface area (Å²) < 4.78 is 0. The summed E-state index contributed by atoms with van der Waals surface area (Å²) in [5, 5.41) is 0.577. The van der Waals surface area contributed by atoms with Crippen LogP contribution in [-0.2, 0) is 0 Å². The maximum Gasteiger partial charge on any atom is 0.189 e. The first-order valence-corrected chi connectivity index (χ1v) is 6.12. The van der Waals surface area contributed by atoms with Crippen LogP contribution in [0, 0.1) is 0 Å². The Balaban J connectivity index is 0. The van der Waals surface area contributed by atoms with Crippen molar-refractivity contribution >= 4 is 23.9 Å². The van der Waals surface area contributed by atoms with Gasteiger partial charge >= 0.3 is 0 Å². The number of nitrogens with zero attached hydrogens (tertiary/aromatic N) is 2. The van der Waals surface area contributed by atoms with Crippen molar-refractivity contribution in [2.45, 2.75) is 32.9 Å². The number of aromatic nitrogens is 2. The third-order valence-corrected chi connectivity index (χ3v) is 1.70. The van der Waals surface area contributed by atoms with E-state index in [1.54, 1.807) is 0 Å². The predicted octanol–water partition coefficient (Wildman–Crippen LogP) is 2.65. The molecular weight excluding hydrogens is 210 g/mol. The summed E-state index contributed by atoms with van der Waals surface area (Å²) in [6, 6.07) is 0. The number of nitrogens with two attached hydrogens (primary N) is 1. The Bertz CT molecular complexity index is 279. The van der Waals surface area contributed by atoms with Gasteiger partial charge in [-0.25, -0.2) is 9.97 Å². The quantitative estimate of drug-likeness (QED) is 0.479. The van der Waals surface area contributed by atoms with Crippen molar-refractivity contribution in [1.82, 2.24) is 9.97 Å². The average molecular weight is 229 g/mol. The number of aldehydes is 1. The molecule has 15 heavy (non-hydrogen) atoms. The SMILES string of the molecule is CC.CC.CSc1ncc(C=O)c(N)n1. The molecule has 4 nitrogen and oxygen atoms in total. The minimum atomic E-state index is 0.236. The van der Waals surface area contributed by atoms with Crippen LogP contribution in [0.5, 0.6) is 0 Å². The van der Waals surface area contributed by atoms with Gasteiger partial charge in [0.25, 0.3) is 0 Å². The number of rotatable bonds is 2. The fourth-order valence-corrected chi connectivity index (χ4v) is 0.924. The van der Waals surface area contributed by atoms with Crippen LogP contribution in [0.1, 0.15) is 38.1 Å². The molecule has 0 aliphatic rings. The van der Waals surface area contributed by atoms with E-state index in [2.05, 4.69) is 9.97 Å². The van der Waals surface area contributed by atoms with Gasteiger partial charge in [0.2, 0.25) is 0 Å². The van der Waals surface area contributed by atoms with Crippen LogP contribution >= 0.6 is 11.8 Å². The topological polar surface area (TPSA) is 68.9 Å². The van der Waals surface area contributed by atoms with E-state index in [1.165, 1.54) is 18.0 Å². The lowest BCUT2D eigenvalue weighted by Gasteiger charge is -1.97. The molecule has 1 aromatic rings. The highest BCUT2D eigenvalue weighted by molar-refractivity contribution is 7.98. The van der Waals surface area contributed by atoms with E-state index < -0.39 is 0 Å². The molecule has 1 rings (SSSR count). The molecule has 0 aliphatic carbocycles. The van der Waals surface area contributed by atoms with Gasteiger partial charge < -0.3 is 5.73 Å². The summed E-state index contributed by atoms with van der Waals surface area (Å²) in [4.78, 5) is 18.0. The molecule has 1 aromatic heterocycles. The molecule has 0 fully saturated rings. The first-order chi connectivity index (χ1) is 7.27. The first kappa shape index (κ1) is 16.3. The van der Waals surface area contributed by atoms with Gasteiger partial charge in [0.1, 0.15) is 5.82 Å². The van der Waals surface area contributed by atoms with Crippen molar-refractivity contribution in [2.24, 2.45) is 0 Å². The predicted molar refractivity (Wildman–Crippen MR) is 66.3 cm³/mol. The Hall–Kier alpha value is -1.10. The van der Waals surface area contributed by atoms with Gasteiger partial charge in [-0.2, -0.15) is 0 Å². The Morgan fingerprint density at radius 1 is 1.33 bits per heavy atom. The lowest BCUT2D eigenvalue weighted by molar-refractivity contribution is 0.112. The van der Waals surface area contributed by atoms with Crippen molar-refractivity contribution in [2.75, 3.05) is 12.0 Å². The molecule has 0 aromatic carbocycles. The molecule has 0 saturated carbocycles. The lowest BCUT2D eigenvalue weighted by Crippen LogP contribution is -1.99. The van der Waals surface area contributed by atoms with Crippen molar-refractivity contribution in [1.29, 1.82) is 0 Å². The Labute approximate surface area is 95.7 Å². The number of hydrogen-bond donors (Lipinski definition) is 1. The largest absolute Gasteiger partial charge is 0.383 e. The van der Waals surface area contributed by atoms with Crippen LogP contribution < -0.4 is 5.73 Å². The highest BCUT2D eigenvalue weighted by Crippen LogP contribution is 2.11. The second-order valence-electron chi connectivity index (χ2n) is 1.82. The first-order valence-electron chi connectivity index (χ1n) is 4.89. The second kappa shape index (κ2) is 11.0. The summed E-state index contributed by atoms with van der Waals surface area (Å²) in [6.07, 6.45) is 3.90. The molecule has 0 atom stereocenters. The molecule has 86 valence electrons. The molecule has 1 heterocycles. The van der Waals surface area contributed by atoms with Crippen LogP contribution in [-0.4, -0.2) is 22.5 Å². The standard InChI is InChI=1S/C6H7N3OS.2C2H6/c1-11-6-8-2-4(3-10)5(7)9-6;2*1-2/h2-3H,1H3,(H2,7,8,9);2*1-2H3. The van der Waals surface area contributed by atoms with E-state index in [9.17, 15) is 4.79 Å². The lowest BCUT2D eigenvalue weighted by atomic mass is 10.3. The van der Waals surface area contributed by atoms with E-state index >= 15 is 0 Å². The molecule has 0 radical (unpaired) electrons. The molecule has 0 saturated heterocycles. The third kappa shape index (κ3) is 6.06. The molecular formula is C10H19N3OS. The Morgan fingerprint density at radius 3 is 2.20 bits per heavy atom. The maximum atomic E-state index is 10.3. The summed E-state index contributed by atoms with van der Waals surface area (Å²) in [5.74, 6) is 0.236. The van der Waals surface area contributed by atoms with Gasteiger partial charge in [0, 0.05) is 6.20 Å².